The Bertz CT molecular complexity index is 558. The summed E-state index contributed by atoms with van der Waals surface area (Å²) in [6.45, 7) is 3.72. The van der Waals surface area contributed by atoms with Crippen LogP contribution in [0.25, 0.3) is 0 Å². The fourth-order valence-electron chi connectivity index (χ4n) is 2.01. The van der Waals surface area contributed by atoms with Gasteiger partial charge < -0.3 is 10.1 Å². The number of nitrogens with one attached hydrogen (secondary N) is 1. The van der Waals surface area contributed by atoms with Crippen molar-refractivity contribution in [3.63, 3.8) is 0 Å². The van der Waals surface area contributed by atoms with E-state index in [2.05, 4.69) is 55.3 Å². The molecule has 0 saturated heterocycles. The second-order valence-corrected chi connectivity index (χ2v) is 6.36. The molecule has 0 unspecified atom stereocenters. The summed E-state index contributed by atoms with van der Waals surface area (Å²) < 4.78 is 9.35. The van der Waals surface area contributed by atoms with Gasteiger partial charge >= 0.3 is 0 Å². The normalized spacial score (nSPS) is 12.4. The molecule has 6 heteroatoms. The van der Waals surface area contributed by atoms with Gasteiger partial charge in [-0.15, -0.1) is 0 Å². The SMILES string of the molecule is COc1c(Br)cc(Br)cc1CN[C@@H](C)Cn1cccn1. The van der Waals surface area contributed by atoms with E-state index in [1.165, 1.54) is 0 Å². The van der Waals surface area contributed by atoms with Gasteiger partial charge in [-0.3, -0.25) is 4.68 Å². The van der Waals surface area contributed by atoms with Crippen LogP contribution in [-0.4, -0.2) is 22.9 Å². The van der Waals surface area contributed by atoms with Crippen LogP contribution in [0.5, 0.6) is 5.75 Å². The fraction of sp³-hybridized carbons (Fsp3) is 0.357. The zero-order chi connectivity index (χ0) is 14.5. The van der Waals surface area contributed by atoms with Crippen molar-refractivity contribution < 1.29 is 4.74 Å². The van der Waals surface area contributed by atoms with Crippen molar-refractivity contribution in [1.29, 1.82) is 0 Å². The largest absolute Gasteiger partial charge is 0.495 e. The monoisotopic (exact) mass is 401 g/mol. The zero-order valence-electron chi connectivity index (χ0n) is 11.4. The lowest BCUT2D eigenvalue weighted by molar-refractivity contribution is 0.398. The van der Waals surface area contributed by atoms with Crippen LogP contribution in [0.1, 0.15) is 12.5 Å². The molecule has 20 heavy (non-hydrogen) atoms. The van der Waals surface area contributed by atoms with Gasteiger partial charge in [-0.2, -0.15) is 5.10 Å². The molecule has 2 rings (SSSR count). The highest BCUT2D eigenvalue weighted by atomic mass is 79.9. The zero-order valence-corrected chi connectivity index (χ0v) is 14.6. The maximum Gasteiger partial charge on any atom is 0.137 e. The van der Waals surface area contributed by atoms with Crippen molar-refractivity contribution in [1.82, 2.24) is 15.1 Å². The Hall–Kier alpha value is -0.850. The van der Waals surface area contributed by atoms with Gasteiger partial charge in [0.2, 0.25) is 0 Å². The molecule has 0 bridgehead atoms. The van der Waals surface area contributed by atoms with Crippen LogP contribution < -0.4 is 10.1 Å². The molecular formula is C14H17Br2N3O. The molecule has 108 valence electrons. The molecule has 4 nitrogen and oxygen atoms in total. The van der Waals surface area contributed by atoms with Crippen LogP contribution in [0.4, 0.5) is 0 Å². The molecule has 1 N–H and O–H groups in total. The van der Waals surface area contributed by atoms with Crippen LogP contribution in [0.15, 0.2) is 39.5 Å². The van der Waals surface area contributed by atoms with Crippen LogP contribution in [0, 0.1) is 0 Å². The van der Waals surface area contributed by atoms with Crippen molar-refractivity contribution in [3.8, 4) is 5.75 Å². The Morgan fingerprint density at radius 1 is 1.40 bits per heavy atom. The quantitative estimate of drug-likeness (QED) is 0.802. The number of nitrogens with zero attached hydrogens (tertiary/aromatic N) is 2. The van der Waals surface area contributed by atoms with E-state index in [9.17, 15) is 0 Å². The van der Waals surface area contributed by atoms with Gasteiger partial charge in [0.05, 0.1) is 18.1 Å². The summed E-state index contributed by atoms with van der Waals surface area (Å²) in [5.41, 5.74) is 1.11. The molecule has 1 aromatic heterocycles. The predicted molar refractivity (Wildman–Crippen MR) is 86.9 cm³/mol. The Morgan fingerprint density at radius 3 is 2.85 bits per heavy atom. The van der Waals surface area contributed by atoms with Gasteiger partial charge in [0.15, 0.2) is 0 Å². The van der Waals surface area contributed by atoms with Gasteiger partial charge in [-0.05, 0) is 41.1 Å². The minimum Gasteiger partial charge on any atom is -0.495 e. The molecule has 1 atom stereocenters. The van der Waals surface area contributed by atoms with E-state index < -0.39 is 0 Å². The van der Waals surface area contributed by atoms with E-state index in [1.54, 1.807) is 13.3 Å². The molecule has 0 fully saturated rings. The first-order valence-corrected chi connectivity index (χ1v) is 7.91. The number of aromatic nitrogens is 2. The predicted octanol–water partition coefficient (Wildman–Crippen LogP) is 3.60. The van der Waals surface area contributed by atoms with Crippen LogP contribution in [0.3, 0.4) is 0 Å². The third-order valence-corrected chi connectivity index (χ3v) is 4.00. The first kappa shape index (κ1) is 15.5. The van der Waals surface area contributed by atoms with E-state index in [-0.39, 0.29) is 0 Å². The number of methoxy groups -OCH3 is 1. The lowest BCUT2D eigenvalue weighted by Gasteiger charge is -2.16. The van der Waals surface area contributed by atoms with Crippen molar-refractivity contribution >= 4 is 31.9 Å². The van der Waals surface area contributed by atoms with E-state index >= 15 is 0 Å². The average Bonchev–Trinajstić information content (AvgIpc) is 2.88. The standard InChI is InChI=1S/C14H17Br2N3O/c1-10(9-19-5-3-4-18-19)17-8-11-6-12(15)7-13(16)14(11)20-2/h3-7,10,17H,8-9H2,1-2H3/t10-/m0/s1. The second-order valence-electron chi connectivity index (χ2n) is 4.59. The summed E-state index contributed by atoms with van der Waals surface area (Å²) in [5.74, 6) is 0.868. The molecular weight excluding hydrogens is 386 g/mol. The van der Waals surface area contributed by atoms with Gasteiger partial charge in [-0.25, -0.2) is 0 Å². The molecule has 1 aromatic carbocycles. The van der Waals surface area contributed by atoms with Gasteiger partial charge in [0.1, 0.15) is 5.75 Å². The highest BCUT2D eigenvalue weighted by Gasteiger charge is 2.10. The van der Waals surface area contributed by atoms with Crippen molar-refractivity contribution in [3.05, 3.63) is 45.1 Å². The maximum absolute atomic E-state index is 5.44. The summed E-state index contributed by atoms with van der Waals surface area (Å²) in [6, 6.07) is 6.30. The topological polar surface area (TPSA) is 39.1 Å². The lowest BCUT2D eigenvalue weighted by Crippen LogP contribution is -2.30. The molecule has 0 radical (unpaired) electrons. The molecule has 1 heterocycles. The first-order valence-electron chi connectivity index (χ1n) is 6.33. The molecule has 0 amide bonds. The Labute approximate surface area is 135 Å². The maximum atomic E-state index is 5.44. The summed E-state index contributed by atoms with van der Waals surface area (Å²) in [4.78, 5) is 0. The minimum absolute atomic E-state index is 0.317. The van der Waals surface area contributed by atoms with Crippen LogP contribution in [0.2, 0.25) is 0 Å². The third-order valence-electron chi connectivity index (χ3n) is 2.95. The van der Waals surface area contributed by atoms with Crippen LogP contribution in [-0.2, 0) is 13.1 Å². The highest BCUT2D eigenvalue weighted by Crippen LogP contribution is 2.32. The minimum atomic E-state index is 0.317. The molecule has 0 spiro atoms. The van der Waals surface area contributed by atoms with Crippen molar-refractivity contribution in [2.24, 2.45) is 0 Å². The number of hydrogen-bond acceptors (Lipinski definition) is 3. The van der Waals surface area contributed by atoms with Crippen LogP contribution >= 0.6 is 31.9 Å². The smallest absolute Gasteiger partial charge is 0.137 e. The lowest BCUT2D eigenvalue weighted by atomic mass is 10.2. The summed E-state index contributed by atoms with van der Waals surface area (Å²) in [5, 5.41) is 7.69. The highest BCUT2D eigenvalue weighted by molar-refractivity contribution is 9.11. The first-order chi connectivity index (χ1) is 9.60. The van der Waals surface area contributed by atoms with E-state index in [1.807, 2.05) is 23.0 Å². The Morgan fingerprint density at radius 2 is 2.20 bits per heavy atom. The van der Waals surface area contributed by atoms with Gasteiger partial charge in [-0.1, -0.05) is 15.9 Å². The number of rotatable bonds is 6. The van der Waals surface area contributed by atoms with E-state index in [4.69, 9.17) is 4.74 Å². The summed E-state index contributed by atoms with van der Waals surface area (Å²) in [7, 11) is 1.69. The van der Waals surface area contributed by atoms with Crippen molar-refractivity contribution in [2.75, 3.05) is 7.11 Å². The second kappa shape index (κ2) is 7.24. The average molecular weight is 403 g/mol. The van der Waals surface area contributed by atoms with Crippen molar-refractivity contribution in [2.45, 2.75) is 26.1 Å². The molecule has 0 saturated carbocycles. The number of halogens is 2. The van der Waals surface area contributed by atoms with E-state index in [0.717, 1.165) is 33.3 Å². The third kappa shape index (κ3) is 4.07. The number of ether oxygens (including phenoxy) is 1. The Balaban J connectivity index is 1.99. The molecule has 2 aromatic rings. The molecule has 0 aliphatic carbocycles. The number of hydrogen-bond donors (Lipinski definition) is 1. The van der Waals surface area contributed by atoms with Gasteiger partial charge in [0.25, 0.3) is 0 Å². The summed E-state index contributed by atoms with van der Waals surface area (Å²) in [6.07, 6.45) is 3.76. The number of benzene rings is 1. The van der Waals surface area contributed by atoms with Gasteiger partial charge in [0, 0.05) is 35.0 Å². The Kier molecular flexibility index (Phi) is 5.63. The van der Waals surface area contributed by atoms with E-state index in [0.29, 0.717) is 6.04 Å². The summed E-state index contributed by atoms with van der Waals surface area (Å²) >= 11 is 7.02. The fourth-order valence-corrected chi connectivity index (χ4v) is 3.49. The molecule has 0 aliphatic heterocycles. The molecule has 0 aliphatic rings.